The van der Waals surface area contributed by atoms with Gasteiger partial charge in [-0.3, -0.25) is 4.79 Å². The molecular weight excluding hydrogens is 394 g/mol. The topological polar surface area (TPSA) is 57.8 Å². The third-order valence-corrected chi connectivity index (χ3v) is 5.00. The molecule has 0 saturated carbocycles. The van der Waals surface area contributed by atoms with Gasteiger partial charge in [0, 0.05) is 39.9 Å². The van der Waals surface area contributed by atoms with E-state index in [0.717, 1.165) is 16.5 Å². The van der Waals surface area contributed by atoms with Gasteiger partial charge in [-0.15, -0.1) is 0 Å². The highest BCUT2D eigenvalue weighted by Gasteiger charge is 2.13. The molecule has 0 spiro atoms. The molecule has 4 aromatic rings. The molecule has 0 bridgehead atoms. The predicted molar refractivity (Wildman–Crippen MR) is 121 cm³/mol. The molecule has 0 unspecified atom stereocenters. The molecule has 146 valence electrons. The molecule has 0 aliphatic rings. The fraction of sp³-hybridized carbons (Fsp3) is 0.0400. The summed E-state index contributed by atoms with van der Waals surface area (Å²) in [6.07, 6.45) is 3.60. The minimum Gasteiger partial charge on any atom is -0.342 e. The first kappa shape index (κ1) is 19.5. The van der Waals surface area contributed by atoms with Crippen LogP contribution in [-0.4, -0.2) is 10.5 Å². The monoisotopic (exact) mass is 411 g/mol. The number of fused-ring (bicyclic) bond motifs is 1. The minimum absolute atomic E-state index is 0.0255. The van der Waals surface area contributed by atoms with Crippen LogP contribution < -0.4 is 5.32 Å². The lowest BCUT2D eigenvalue weighted by Crippen LogP contribution is -2.13. The Labute approximate surface area is 179 Å². The summed E-state index contributed by atoms with van der Waals surface area (Å²) in [4.78, 5) is 12.6. The number of para-hydroxylation sites is 1. The minimum atomic E-state index is -0.473. The SMILES string of the molecule is N#C/C(=C\c1cn(Cc2ccccc2)c2ccccc12)C(=O)Nc1cccc(Cl)c1. The highest BCUT2D eigenvalue weighted by Crippen LogP contribution is 2.25. The number of carbonyl (C=O) groups is 1. The van der Waals surface area contributed by atoms with Crippen molar-refractivity contribution in [3.8, 4) is 6.07 Å². The Hall–Kier alpha value is -3.81. The molecule has 0 aliphatic heterocycles. The molecule has 1 N–H and O–H groups in total. The number of amides is 1. The van der Waals surface area contributed by atoms with E-state index in [9.17, 15) is 10.1 Å². The van der Waals surface area contributed by atoms with Crippen LogP contribution in [0.15, 0.2) is 90.6 Å². The molecule has 0 radical (unpaired) electrons. The Morgan fingerprint density at radius 2 is 1.80 bits per heavy atom. The number of carbonyl (C=O) groups excluding carboxylic acids is 1. The van der Waals surface area contributed by atoms with Gasteiger partial charge in [0.2, 0.25) is 0 Å². The van der Waals surface area contributed by atoms with Crippen molar-refractivity contribution in [1.29, 1.82) is 5.26 Å². The Morgan fingerprint density at radius 1 is 1.03 bits per heavy atom. The van der Waals surface area contributed by atoms with E-state index < -0.39 is 5.91 Å². The molecule has 0 saturated heterocycles. The molecule has 0 fully saturated rings. The van der Waals surface area contributed by atoms with Crippen LogP contribution in [0.2, 0.25) is 5.02 Å². The summed E-state index contributed by atoms with van der Waals surface area (Å²) in [5, 5.41) is 13.8. The summed E-state index contributed by atoms with van der Waals surface area (Å²) in [5.41, 5.74) is 3.60. The summed E-state index contributed by atoms with van der Waals surface area (Å²) in [6.45, 7) is 0.700. The molecule has 4 rings (SSSR count). The van der Waals surface area contributed by atoms with Crippen molar-refractivity contribution in [3.63, 3.8) is 0 Å². The zero-order valence-corrected chi connectivity index (χ0v) is 16.8. The third kappa shape index (κ3) is 4.27. The van der Waals surface area contributed by atoms with Crippen molar-refractivity contribution in [2.45, 2.75) is 6.54 Å². The number of rotatable bonds is 5. The number of hydrogen-bond donors (Lipinski definition) is 1. The summed E-state index contributed by atoms with van der Waals surface area (Å²) in [6, 6.07) is 27.0. The van der Waals surface area contributed by atoms with Crippen molar-refractivity contribution in [2.24, 2.45) is 0 Å². The van der Waals surface area contributed by atoms with Crippen molar-refractivity contribution >= 4 is 40.2 Å². The number of nitrogens with zero attached hydrogens (tertiary/aromatic N) is 2. The molecule has 4 nitrogen and oxygen atoms in total. The Morgan fingerprint density at radius 3 is 2.57 bits per heavy atom. The maximum Gasteiger partial charge on any atom is 0.266 e. The number of benzene rings is 3. The van der Waals surface area contributed by atoms with Gasteiger partial charge in [-0.05, 0) is 35.9 Å². The van der Waals surface area contributed by atoms with Gasteiger partial charge in [-0.2, -0.15) is 5.26 Å². The first-order valence-electron chi connectivity index (χ1n) is 9.44. The van der Waals surface area contributed by atoms with E-state index in [-0.39, 0.29) is 5.57 Å². The van der Waals surface area contributed by atoms with Crippen LogP contribution in [0, 0.1) is 11.3 Å². The van der Waals surface area contributed by atoms with Gasteiger partial charge >= 0.3 is 0 Å². The lowest BCUT2D eigenvalue weighted by Gasteiger charge is -2.05. The Balaban J connectivity index is 1.68. The fourth-order valence-corrected chi connectivity index (χ4v) is 3.56. The first-order valence-corrected chi connectivity index (χ1v) is 9.82. The van der Waals surface area contributed by atoms with Crippen molar-refractivity contribution in [2.75, 3.05) is 5.32 Å². The molecule has 1 aromatic heterocycles. The van der Waals surface area contributed by atoms with Crippen LogP contribution in [0.3, 0.4) is 0 Å². The van der Waals surface area contributed by atoms with Crippen LogP contribution in [0.25, 0.3) is 17.0 Å². The van der Waals surface area contributed by atoms with Crippen LogP contribution in [0.4, 0.5) is 5.69 Å². The van der Waals surface area contributed by atoms with E-state index in [0.29, 0.717) is 17.3 Å². The van der Waals surface area contributed by atoms with E-state index in [1.165, 1.54) is 5.56 Å². The molecule has 5 heteroatoms. The van der Waals surface area contributed by atoms with E-state index in [2.05, 4.69) is 22.0 Å². The average Bonchev–Trinajstić information content (AvgIpc) is 3.10. The number of anilines is 1. The Bertz CT molecular complexity index is 1280. The molecule has 3 aromatic carbocycles. The Kier molecular flexibility index (Phi) is 5.65. The number of nitrogens with one attached hydrogen (secondary N) is 1. The number of aromatic nitrogens is 1. The maximum atomic E-state index is 12.6. The van der Waals surface area contributed by atoms with Crippen molar-refractivity contribution in [3.05, 3.63) is 107 Å². The third-order valence-electron chi connectivity index (χ3n) is 4.76. The summed E-state index contributed by atoms with van der Waals surface area (Å²) < 4.78 is 2.13. The van der Waals surface area contributed by atoms with E-state index in [4.69, 9.17) is 11.6 Å². The van der Waals surface area contributed by atoms with Crippen LogP contribution in [-0.2, 0) is 11.3 Å². The van der Waals surface area contributed by atoms with E-state index >= 15 is 0 Å². The molecule has 0 aliphatic carbocycles. The zero-order valence-electron chi connectivity index (χ0n) is 16.0. The predicted octanol–water partition coefficient (Wildman–Crippen LogP) is 5.89. The quantitative estimate of drug-likeness (QED) is 0.329. The van der Waals surface area contributed by atoms with Crippen LogP contribution >= 0.6 is 11.6 Å². The van der Waals surface area contributed by atoms with Gasteiger partial charge in [0.05, 0.1) is 0 Å². The molecular formula is C25H18ClN3O. The van der Waals surface area contributed by atoms with Crippen molar-refractivity contribution in [1.82, 2.24) is 4.57 Å². The lowest BCUT2D eigenvalue weighted by atomic mass is 10.1. The molecule has 0 atom stereocenters. The largest absolute Gasteiger partial charge is 0.342 e. The maximum absolute atomic E-state index is 12.6. The van der Waals surface area contributed by atoms with E-state index in [1.54, 1.807) is 30.3 Å². The number of hydrogen-bond acceptors (Lipinski definition) is 2. The lowest BCUT2D eigenvalue weighted by molar-refractivity contribution is -0.112. The standard InChI is InChI=1S/C25H18ClN3O/c26-21-9-6-10-22(14-21)28-25(30)19(15-27)13-20-17-29(16-18-7-2-1-3-8-18)24-12-5-4-11-23(20)24/h1-14,17H,16H2,(H,28,30)/b19-13+. The van der Waals surface area contributed by atoms with Gasteiger partial charge in [-0.25, -0.2) is 0 Å². The molecule has 30 heavy (non-hydrogen) atoms. The van der Waals surface area contributed by atoms with Gasteiger partial charge in [0.25, 0.3) is 5.91 Å². The second-order valence-electron chi connectivity index (χ2n) is 6.85. The highest BCUT2D eigenvalue weighted by atomic mass is 35.5. The van der Waals surface area contributed by atoms with Gasteiger partial charge in [0.15, 0.2) is 0 Å². The van der Waals surface area contributed by atoms with Crippen LogP contribution in [0.5, 0.6) is 0 Å². The fourth-order valence-electron chi connectivity index (χ4n) is 3.37. The number of halogens is 1. The van der Waals surface area contributed by atoms with E-state index in [1.807, 2.05) is 54.7 Å². The molecule has 1 heterocycles. The summed E-state index contributed by atoms with van der Waals surface area (Å²) in [5.74, 6) is -0.473. The van der Waals surface area contributed by atoms with Gasteiger partial charge < -0.3 is 9.88 Å². The number of nitriles is 1. The van der Waals surface area contributed by atoms with Crippen molar-refractivity contribution < 1.29 is 4.79 Å². The average molecular weight is 412 g/mol. The normalized spacial score (nSPS) is 11.3. The van der Waals surface area contributed by atoms with Crippen LogP contribution in [0.1, 0.15) is 11.1 Å². The summed E-state index contributed by atoms with van der Waals surface area (Å²) >= 11 is 5.97. The summed E-state index contributed by atoms with van der Waals surface area (Å²) in [7, 11) is 0. The smallest absolute Gasteiger partial charge is 0.266 e. The second kappa shape index (κ2) is 8.69. The van der Waals surface area contributed by atoms with Gasteiger partial charge in [0.1, 0.15) is 11.6 Å². The first-order chi connectivity index (χ1) is 14.6. The van der Waals surface area contributed by atoms with Gasteiger partial charge in [-0.1, -0.05) is 66.2 Å². The zero-order chi connectivity index (χ0) is 20.9. The second-order valence-corrected chi connectivity index (χ2v) is 7.29. The molecule has 1 amide bonds. The highest BCUT2D eigenvalue weighted by molar-refractivity contribution is 6.31.